The standard InChI is InChI=1S/C15H24N2O/c1-12(16)14(13-6-4-3-5-7-13)17-10-8-15(2,18)9-11-17/h3-7,12,14,18H,8-11,16H2,1-2H3. The third-order valence-corrected chi connectivity index (χ3v) is 3.91. The van der Waals surface area contributed by atoms with Gasteiger partial charge in [0.15, 0.2) is 0 Å². The van der Waals surface area contributed by atoms with Crippen molar-refractivity contribution in [3.8, 4) is 0 Å². The summed E-state index contributed by atoms with van der Waals surface area (Å²) in [4.78, 5) is 2.40. The zero-order chi connectivity index (χ0) is 13.2. The number of hydrogen-bond acceptors (Lipinski definition) is 3. The van der Waals surface area contributed by atoms with Crippen LogP contribution in [-0.2, 0) is 0 Å². The maximum atomic E-state index is 10.0. The average Bonchev–Trinajstić information content (AvgIpc) is 2.33. The molecule has 1 saturated heterocycles. The smallest absolute Gasteiger partial charge is 0.0644 e. The molecule has 0 amide bonds. The van der Waals surface area contributed by atoms with Crippen molar-refractivity contribution in [2.24, 2.45) is 5.73 Å². The summed E-state index contributed by atoms with van der Waals surface area (Å²) in [5, 5.41) is 10.0. The minimum absolute atomic E-state index is 0.0930. The molecule has 2 unspecified atom stereocenters. The fourth-order valence-electron chi connectivity index (χ4n) is 2.78. The predicted molar refractivity (Wildman–Crippen MR) is 74.3 cm³/mol. The Morgan fingerprint density at radius 3 is 2.28 bits per heavy atom. The Balaban J connectivity index is 2.13. The van der Waals surface area contributed by atoms with Crippen LogP contribution < -0.4 is 5.73 Å². The second kappa shape index (κ2) is 5.39. The van der Waals surface area contributed by atoms with Crippen LogP contribution in [0.2, 0.25) is 0 Å². The van der Waals surface area contributed by atoms with Crippen molar-refractivity contribution < 1.29 is 5.11 Å². The van der Waals surface area contributed by atoms with Crippen molar-refractivity contribution in [3.05, 3.63) is 35.9 Å². The first kappa shape index (κ1) is 13.5. The summed E-state index contributed by atoms with van der Waals surface area (Å²) in [6, 6.07) is 10.8. The minimum Gasteiger partial charge on any atom is -0.390 e. The molecule has 1 fully saturated rings. The summed E-state index contributed by atoms with van der Waals surface area (Å²) in [5.74, 6) is 0. The Morgan fingerprint density at radius 1 is 1.22 bits per heavy atom. The van der Waals surface area contributed by atoms with Gasteiger partial charge in [-0.1, -0.05) is 30.3 Å². The lowest BCUT2D eigenvalue weighted by Gasteiger charge is -2.41. The maximum absolute atomic E-state index is 10.0. The van der Waals surface area contributed by atoms with Crippen molar-refractivity contribution in [1.82, 2.24) is 4.90 Å². The van der Waals surface area contributed by atoms with Gasteiger partial charge in [-0.05, 0) is 32.3 Å². The highest BCUT2D eigenvalue weighted by Gasteiger charge is 2.32. The lowest BCUT2D eigenvalue weighted by molar-refractivity contribution is -0.0194. The Kier molecular flexibility index (Phi) is 4.05. The molecule has 0 bridgehead atoms. The van der Waals surface area contributed by atoms with Crippen LogP contribution in [0.3, 0.4) is 0 Å². The van der Waals surface area contributed by atoms with Crippen LogP contribution in [0, 0.1) is 0 Å². The van der Waals surface area contributed by atoms with E-state index in [1.165, 1.54) is 5.56 Å². The summed E-state index contributed by atoms with van der Waals surface area (Å²) >= 11 is 0. The third-order valence-electron chi connectivity index (χ3n) is 3.91. The molecule has 100 valence electrons. The Bertz CT molecular complexity index is 365. The first-order valence-corrected chi connectivity index (χ1v) is 6.76. The molecular weight excluding hydrogens is 224 g/mol. The summed E-state index contributed by atoms with van der Waals surface area (Å²) in [6.45, 7) is 5.81. The molecule has 1 heterocycles. The molecule has 0 spiro atoms. The van der Waals surface area contributed by atoms with Gasteiger partial charge in [-0.15, -0.1) is 0 Å². The number of likely N-dealkylation sites (tertiary alicyclic amines) is 1. The zero-order valence-electron chi connectivity index (χ0n) is 11.3. The highest BCUT2D eigenvalue weighted by atomic mass is 16.3. The van der Waals surface area contributed by atoms with Crippen LogP contribution in [0.1, 0.15) is 38.3 Å². The second-order valence-electron chi connectivity index (χ2n) is 5.75. The number of piperidine rings is 1. The van der Waals surface area contributed by atoms with Crippen molar-refractivity contribution in [2.75, 3.05) is 13.1 Å². The Hall–Kier alpha value is -0.900. The highest BCUT2D eigenvalue weighted by molar-refractivity contribution is 5.20. The molecule has 2 atom stereocenters. The molecule has 3 heteroatoms. The normalized spacial score (nSPS) is 23.6. The molecule has 1 aromatic carbocycles. The van der Waals surface area contributed by atoms with Gasteiger partial charge in [0, 0.05) is 25.2 Å². The zero-order valence-corrected chi connectivity index (χ0v) is 11.3. The first-order chi connectivity index (χ1) is 8.49. The van der Waals surface area contributed by atoms with E-state index < -0.39 is 5.60 Å². The quantitative estimate of drug-likeness (QED) is 0.859. The van der Waals surface area contributed by atoms with Gasteiger partial charge < -0.3 is 10.8 Å². The van der Waals surface area contributed by atoms with Crippen LogP contribution >= 0.6 is 0 Å². The monoisotopic (exact) mass is 248 g/mol. The summed E-state index contributed by atoms with van der Waals surface area (Å²) in [6.07, 6.45) is 1.64. The predicted octanol–water partition coefficient (Wildman–Crippen LogP) is 1.92. The molecule has 18 heavy (non-hydrogen) atoms. The van der Waals surface area contributed by atoms with E-state index in [-0.39, 0.29) is 12.1 Å². The number of aliphatic hydroxyl groups is 1. The first-order valence-electron chi connectivity index (χ1n) is 6.76. The van der Waals surface area contributed by atoms with Gasteiger partial charge >= 0.3 is 0 Å². The van der Waals surface area contributed by atoms with Gasteiger partial charge in [-0.2, -0.15) is 0 Å². The second-order valence-corrected chi connectivity index (χ2v) is 5.75. The van der Waals surface area contributed by atoms with Crippen LogP contribution in [0.25, 0.3) is 0 Å². The topological polar surface area (TPSA) is 49.5 Å². The van der Waals surface area contributed by atoms with Crippen molar-refractivity contribution >= 4 is 0 Å². The van der Waals surface area contributed by atoms with Crippen LogP contribution in [0.4, 0.5) is 0 Å². The van der Waals surface area contributed by atoms with Crippen LogP contribution in [0.15, 0.2) is 30.3 Å². The van der Waals surface area contributed by atoms with E-state index in [2.05, 4.69) is 36.1 Å². The van der Waals surface area contributed by atoms with E-state index in [9.17, 15) is 5.11 Å². The third kappa shape index (κ3) is 3.10. The summed E-state index contributed by atoms with van der Waals surface area (Å²) in [7, 11) is 0. The molecule has 0 radical (unpaired) electrons. The van der Waals surface area contributed by atoms with Crippen molar-refractivity contribution in [1.29, 1.82) is 0 Å². The summed E-state index contributed by atoms with van der Waals surface area (Å²) < 4.78 is 0. The van der Waals surface area contributed by atoms with E-state index >= 15 is 0 Å². The lowest BCUT2D eigenvalue weighted by Crippen LogP contribution is -2.48. The molecule has 3 nitrogen and oxygen atoms in total. The van der Waals surface area contributed by atoms with Crippen molar-refractivity contribution in [2.45, 2.75) is 44.4 Å². The molecule has 0 aliphatic carbocycles. The molecular formula is C15H24N2O. The molecule has 1 aromatic rings. The Morgan fingerprint density at radius 2 is 1.78 bits per heavy atom. The van der Waals surface area contributed by atoms with Crippen molar-refractivity contribution in [3.63, 3.8) is 0 Å². The SMILES string of the molecule is CC(N)C(c1ccccc1)N1CCC(C)(O)CC1. The van der Waals surface area contributed by atoms with Gasteiger partial charge in [0.25, 0.3) is 0 Å². The van der Waals surface area contributed by atoms with E-state index in [4.69, 9.17) is 5.73 Å². The minimum atomic E-state index is -0.504. The van der Waals surface area contributed by atoms with E-state index in [0.29, 0.717) is 0 Å². The van der Waals surface area contributed by atoms with Gasteiger partial charge in [0.05, 0.1) is 5.60 Å². The molecule has 0 saturated carbocycles. The summed E-state index contributed by atoms with van der Waals surface area (Å²) in [5.41, 5.74) is 6.93. The van der Waals surface area contributed by atoms with Gasteiger partial charge in [0.1, 0.15) is 0 Å². The fraction of sp³-hybridized carbons (Fsp3) is 0.600. The number of rotatable bonds is 3. The van der Waals surface area contributed by atoms with E-state index in [1.54, 1.807) is 0 Å². The molecule has 0 aromatic heterocycles. The van der Waals surface area contributed by atoms with E-state index in [0.717, 1.165) is 25.9 Å². The van der Waals surface area contributed by atoms with Gasteiger partial charge in [-0.25, -0.2) is 0 Å². The van der Waals surface area contributed by atoms with Gasteiger partial charge in [0.2, 0.25) is 0 Å². The average molecular weight is 248 g/mol. The molecule has 1 aliphatic heterocycles. The number of nitrogens with zero attached hydrogens (tertiary/aromatic N) is 1. The van der Waals surface area contributed by atoms with Gasteiger partial charge in [-0.3, -0.25) is 4.90 Å². The van der Waals surface area contributed by atoms with Crippen LogP contribution in [0.5, 0.6) is 0 Å². The molecule has 1 aliphatic rings. The lowest BCUT2D eigenvalue weighted by atomic mass is 9.90. The fourth-order valence-corrected chi connectivity index (χ4v) is 2.78. The highest BCUT2D eigenvalue weighted by Crippen LogP contribution is 2.30. The Labute approximate surface area is 110 Å². The number of nitrogens with two attached hydrogens (primary N) is 1. The molecule has 3 N–H and O–H groups in total. The molecule has 2 rings (SSSR count). The van der Waals surface area contributed by atoms with Crippen LogP contribution in [-0.4, -0.2) is 34.7 Å². The largest absolute Gasteiger partial charge is 0.390 e. The van der Waals surface area contributed by atoms with E-state index in [1.807, 2.05) is 13.0 Å². The number of benzene rings is 1. The maximum Gasteiger partial charge on any atom is 0.0644 e. The number of hydrogen-bond donors (Lipinski definition) is 2.